The van der Waals surface area contributed by atoms with Gasteiger partial charge in [-0.1, -0.05) is 268 Å². The van der Waals surface area contributed by atoms with E-state index in [1.807, 2.05) is 6.07 Å². The van der Waals surface area contributed by atoms with Crippen molar-refractivity contribution in [3.8, 4) is 39.3 Å². The van der Waals surface area contributed by atoms with E-state index in [1.165, 1.54) is 27.5 Å². The van der Waals surface area contributed by atoms with E-state index in [2.05, 4.69) is 341 Å². The summed E-state index contributed by atoms with van der Waals surface area (Å²) in [7, 11) is 0. The monoisotopic (exact) mass is 1360 g/mol. The van der Waals surface area contributed by atoms with Gasteiger partial charge in [0, 0.05) is 83.3 Å². The van der Waals surface area contributed by atoms with Crippen LogP contribution >= 0.6 is 0 Å². The Hall–Kier alpha value is -11.1. The number of hydrogen-bond donors (Lipinski definition) is 0. The first-order valence-electron chi connectivity index (χ1n) is 40.7. The maximum Gasteiger partial charge on any atom is 0.252 e. The molecule has 0 fully saturated rings. The highest BCUT2D eigenvalue weighted by Gasteiger charge is 2.46. The molecular formula is C98H90BN5. The normalized spacial score (nSPS) is 14.5. The van der Waals surface area contributed by atoms with Crippen molar-refractivity contribution >= 4 is 123 Å². The molecule has 2 aliphatic rings. The van der Waals surface area contributed by atoms with Crippen LogP contribution in [-0.2, 0) is 27.1 Å². The van der Waals surface area contributed by atoms with Crippen LogP contribution in [0.5, 0.6) is 0 Å². The maximum atomic E-state index is 9.81. The smallest absolute Gasteiger partial charge is 0.252 e. The summed E-state index contributed by atoms with van der Waals surface area (Å²) in [5, 5.41) is 4.68. The zero-order valence-electron chi connectivity index (χ0n) is 70.2. The molecule has 510 valence electrons. The molecule has 13 aromatic carbocycles. The number of aromatic nitrogens is 3. The zero-order valence-corrected chi connectivity index (χ0v) is 62.2. The Morgan fingerprint density at radius 2 is 0.644 bits per heavy atom. The summed E-state index contributed by atoms with van der Waals surface area (Å²) < 4.78 is 81.9. The molecule has 104 heavy (non-hydrogen) atoms. The van der Waals surface area contributed by atoms with Crippen molar-refractivity contribution in [3.63, 3.8) is 0 Å². The average Bonchev–Trinajstić information content (AvgIpc) is 0.822. The summed E-state index contributed by atoms with van der Waals surface area (Å²) in [6, 6.07) is 80.0. The lowest BCUT2D eigenvalue weighted by atomic mass is 9.33. The third-order valence-corrected chi connectivity index (χ3v) is 22.3. The van der Waals surface area contributed by atoms with E-state index in [1.54, 1.807) is 4.57 Å². The Bertz CT molecular complexity index is 6610. The van der Waals surface area contributed by atoms with Gasteiger partial charge >= 0.3 is 0 Å². The van der Waals surface area contributed by atoms with Gasteiger partial charge in [0.15, 0.2) is 0 Å². The first-order valence-corrected chi connectivity index (χ1v) is 36.7. The lowest BCUT2D eigenvalue weighted by Gasteiger charge is -2.46. The molecule has 0 saturated heterocycles. The summed E-state index contributed by atoms with van der Waals surface area (Å²) in [5.41, 5.74) is 24.7. The SMILES string of the molecule is [2H]c1c([2H])c([2H])c2c(c1[2H])c1c([2H])c([2H])c([2H])c([2H])c1n2-c1ccc2c(c1)N(c1ccc(C(C)(C)C)cc1-c1ccc(C(C)(C)C)cc1)c1cc(C(C)(C)C)cc3c1B2c1ccc(-n2c4ccccc4c4cc5c6ccccc6n(-c6ccccc6)c5cc42)cc1N3c1ccc(C(C)(C)C)cc1-c1ccc(C(C)(C)C)cc1. The predicted octanol–water partition coefficient (Wildman–Crippen LogP) is 24.9. The molecule has 0 unspecified atom stereocenters. The molecular weight excluding hydrogens is 1260 g/mol. The first-order chi connectivity index (χ1) is 53.1. The van der Waals surface area contributed by atoms with Gasteiger partial charge in [0.1, 0.15) is 0 Å². The minimum absolute atomic E-state index is 0.0227. The molecule has 0 bridgehead atoms. The molecule has 0 N–H and O–H groups in total. The number of fused-ring (bicyclic) bond motifs is 13. The predicted molar refractivity (Wildman–Crippen MR) is 448 cm³/mol. The number of benzene rings is 13. The molecule has 0 radical (unpaired) electrons. The number of anilines is 6. The van der Waals surface area contributed by atoms with E-state index >= 15 is 0 Å². The molecule has 6 heteroatoms. The van der Waals surface area contributed by atoms with Crippen LogP contribution in [0.1, 0.15) is 143 Å². The molecule has 5 heterocycles. The lowest BCUT2D eigenvalue weighted by molar-refractivity contribution is 0.589. The second-order valence-electron chi connectivity index (χ2n) is 34.1. The fourth-order valence-electron chi connectivity index (χ4n) is 16.6. The van der Waals surface area contributed by atoms with E-state index in [4.69, 9.17) is 2.74 Å². The molecule has 18 rings (SSSR count). The molecule has 0 saturated carbocycles. The van der Waals surface area contributed by atoms with Crippen LogP contribution in [0.4, 0.5) is 34.1 Å². The lowest BCUT2D eigenvalue weighted by Crippen LogP contribution is -2.61. The van der Waals surface area contributed by atoms with Gasteiger partial charge in [-0.05, 0) is 192 Å². The van der Waals surface area contributed by atoms with Gasteiger partial charge in [-0.3, -0.25) is 0 Å². The van der Waals surface area contributed by atoms with Crippen molar-refractivity contribution in [3.05, 3.63) is 301 Å². The third-order valence-electron chi connectivity index (χ3n) is 22.3. The van der Waals surface area contributed by atoms with Gasteiger partial charge in [0.2, 0.25) is 0 Å². The van der Waals surface area contributed by atoms with E-state index in [0.717, 1.165) is 128 Å². The van der Waals surface area contributed by atoms with Crippen molar-refractivity contribution in [2.45, 2.75) is 131 Å². The van der Waals surface area contributed by atoms with Crippen LogP contribution in [0, 0.1) is 0 Å². The first kappa shape index (κ1) is 56.5. The number of rotatable bonds is 7. The summed E-state index contributed by atoms with van der Waals surface area (Å²) in [6.07, 6.45) is 0. The average molecular weight is 1360 g/mol. The molecule has 0 aliphatic carbocycles. The van der Waals surface area contributed by atoms with E-state index in [0.29, 0.717) is 5.69 Å². The van der Waals surface area contributed by atoms with Crippen LogP contribution in [-0.4, -0.2) is 20.4 Å². The largest absolute Gasteiger partial charge is 0.311 e. The fourth-order valence-corrected chi connectivity index (χ4v) is 16.6. The highest BCUT2D eigenvalue weighted by atomic mass is 15.2. The van der Waals surface area contributed by atoms with Gasteiger partial charge in [-0.15, -0.1) is 0 Å². The minimum Gasteiger partial charge on any atom is -0.311 e. The molecule has 16 aromatic rings. The summed E-state index contributed by atoms with van der Waals surface area (Å²) in [5.74, 6) is 0. The van der Waals surface area contributed by atoms with Crippen molar-refractivity contribution in [1.29, 1.82) is 0 Å². The van der Waals surface area contributed by atoms with Gasteiger partial charge in [-0.2, -0.15) is 0 Å². The van der Waals surface area contributed by atoms with Crippen molar-refractivity contribution in [2.24, 2.45) is 0 Å². The number of hydrogen-bond acceptors (Lipinski definition) is 2. The topological polar surface area (TPSA) is 21.3 Å². The van der Waals surface area contributed by atoms with E-state index < -0.39 is 36.3 Å². The second kappa shape index (κ2) is 23.2. The van der Waals surface area contributed by atoms with Crippen molar-refractivity contribution in [2.75, 3.05) is 9.80 Å². The molecule has 5 nitrogen and oxygen atoms in total. The molecule has 0 spiro atoms. The van der Waals surface area contributed by atoms with Crippen LogP contribution in [0.15, 0.2) is 273 Å². The van der Waals surface area contributed by atoms with E-state index in [9.17, 15) is 8.22 Å². The molecule has 0 atom stereocenters. The van der Waals surface area contributed by atoms with Gasteiger partial charge in [-0.25, -0.2) is 0 Å². The zero-order chi connectivity index (χ0) is 78.8. The molecule has 3 aromatic heterocycles. The standard InChI is InChI=1S/C98H90BN5/c1-94(2,3)63-41-37-61(38-42-63)75-53-65(96(7,8)9)45-51-85(75)103-89-57-69(101-81-33-23-19-29-71(81)72-30-20-24-34-82(72)101)47-49-79(89)99-80-50-48-70(102-84-36-26-22-32-74(84)78-59-77-73-31-21-25-35-83(73)100(87(77)60-88(78)102)68-27-17-16-18-28-68)58-90(80)104(92-56-67(98(13,14)15)55-91(103)93(92)99)86-52-46-66(97(10,11)12)54-76(86)62-39-43-64(44-40-62)95(4,5)6/h16-60H,1-15H3/i19D,20D,23D,24D,29D,30D,33D,34D. The number of para-hydroxylation sites is 5. The highest BCUT2D eigenvalue weighted by Crippen LogP contribution is 2.53. The van der Waals surface area contributed by atoms with Crippen LogP contribution < -0.4 is 26.2 Å². The summed E-state index contributed by atoms with van der Waals surface area (Å²) in [6.45, 7) is 33.6. The fraction of sp³-hybridized carbons (Fsp3) is 0.204. The quantitative estimate of drug-likeness (QED) is 0.148. The summed E-state index contributed by atoms with van der Waals surface area (Å²) in [4.78, 5) is 5.01. The third kappa shape index (κ3) is 10.3. The Morgan fingerprint density at radius 3 is 1.08 bits per heavy atom. The Labute approximate surface area is 624 Å². The minimum atomic E-state index is -0.490. The second-order valence-corrected chi connectivity index (χ2v) is 34.1. The summed E-state index contributed by atoms with van der Waals surface area (Å²) >= 11 is 0. The maximum absolute atomic E-state index is 9.81. The highest BCUT2D eigenvalue weighted by molar-refractivity contribution is 7.00. The molecule has 2 aliphatic heterocycles. The van der Waals surface area contributed by atoms with Crippen LogP contribution in [0.2, 0.25) is 0 Å². The Kier molecular flexibility index (Phi) is 12.6. The molecule has 0 amide bonds. The van der Waals surface area contributed by atoms with Crippen LogP contribution in [0.3, 0.4) is 0 Å². The Morgan fingerprint density at radius 1 is 0.260 bits per heavy atom. The van der Waals surface area contributed by atoms with Gasteiger partial charge in [0.25, 0.3) is 6.71 Å². The van der Waals surface area contributed by atoms with Crippen LogP contribution in [0.25, 0.3) is 105 Å². The van der Waals surface area contributed by atoms with Gasteiger partial charge in [0.05, 0.1) is 55.4 Å². The Balaban J connectivity index is 0.997. The van der Waals surface area contributed by atoms with Gasteiger partial charge < -0.3 is 23.5 Å². The van der Waals surface area contributed by atoms with Crippen molar-refractivity contribution < 1.29 is 11.0 Å². The van der Waals surface area contributed by atoms with E-state index in [-0.39, 0.29) is 67.6 Å². The van der Waals surface area contributed by atoms with Crippen molar-refractivity contribution in [1.82, 2.24) is 13.7 Å². The number of nitrogens with zero attached hydrogens (tertiary/aromatic N) is 5.